The Morgan fingerprint density at radius 3 is 2.67 bits per heavy atom. The summed E-state index contributed by atoms with van der Waals surface area (Å²) in [6.45, 7) is 2.76. The van der Waals surface area contributed by atoms with Crippen LogP contribution >= 0.6 is 0 Å². The molecule has 0 bridgehead atoms. The average Bonchev–Trinajstić information content (AvgIpc) is 2.57. The lowest BCUT2D eigenvalue weighted by atomic mass is 9.85. The molecule has 18 heavy (non-hydrogen) atoms. The molecule has 0 radical (unpaired) electrons. The van der Waals surface area contributed by atoms with E-state index in [-0.39, 0.29) is 11.7 Å². The van der Waals surface area contributed by atoms with Gasteiger partial charge in [0, 0.05) is 6.54 Å². The summed E-state index contributed by atoms with van der Waals surface area (Å²) in [5, 5.41) is 0. The Labute approximate surface area is 107 Å². The Kier molecular flexibility index (Phi) is 2.69. The molecule has 3 nitrogen and oxygen atoms in total. The summed E-state index contributed by atoms with van der Waals surface area (Å²) in [7, 11) is 0. The number of amides is 1. The first-order chi connectivity index (χ1) is 8.70. The van der Waals surface area contributed by atoms with Crippen molar-refractivity contribution in [1.29, 1.82) is 0 Å². The number of ketones is 1. The molecule has 0 atom stereocenters. The van der Waals surface area contributed by atoms with Gasteiger partial charge in [-0.1, -0.05) is 19.4 Å². The SMILES string of the molecule is CCc1ccc2c(c1)C(=O)C(=O)N2CC1CCC1. The highest BCUT2D eigenvalue weighted by molar-refractivity contribution is 6.52. The van der Waals surface area contributed by atoms with Gasteiger partial charge in [0.2, 0.25) is 0 Å². The maximum Gasteiger partial charge on any atom is 0.299 e. The van der Waals surface area contributed by atoms with Crippen LogP contribution in [-0.2, 0) is 11.2 Å². The molecule has 1 saturated carbocycles. The number of benzene rings is 1. The molecule has 0 N–H and O–H groups in total. The van der Waals surface area contributed by atoms with Gasteiger partial charge < -0.3 is 4.90 Å². The smallest absolute Gasteiger partial charge is 0.299 e. The van der Waals surface area contributed by atoms with E-state index in [9.17, 15) is 9.59 Å². The summed E-state index contributed by atoms with van der Waals surface area (Å²) in [6, 6.07) is 5.81. The van der Waals surface area contributed by atoms with Crippen molar-refractivity contribution in [2.24, 2.45) is 5.92 Å². The lowest BCUT2D eigenvalue weighted by Gasteiger charge is -2.30. The van der Waals surface area contributed by atoms with E-state index >= 15 is 0 Å². The fraction of sp³-hybridized carbons (Fsp3) is 0.467. The summed E-state index contributed by atoms with van der Waals surface area (Å²) in [5.74, 6) is -0.0941. The molecule has 1 aromatic rings. The number of fused-ring (bicyclic) bond motifs is 1. The first kappa shape index (κ1) is 11.5. The zero-order chi connectivity index (χ0) is 12.7. The molecule has 1 aromatic carbocycles. The fourth-order valence-electron chi connectivity index (χ4n) is 2.68. The second-order valence-corrected chi connectivity index (χ2v) is 5.25. The maximum atomic E-state index is 12.0. The molecule has 1 aliphatic carbocycles. The monoisotopic (exact) mass is 243 g/mol. The molecule has 1 aliphatic heterocycles. The molecular formula is C15H17NO2. The van der Waals surface area contributed by atoms with Crippen LogP contribution in [0, 0.1) is 5.92 Å². The highest BCUT2D eigenvalue weighted by Gasteiger charge is 2.37. The lowest BCUT2D eigenvalue weighted by Crippen LogP contribution is -2.36. The van der Waals surface area contributed by atoms with E-state index in [1.807, 2.05) is 18.2 Å². The number of Topliss-reactive ketones (excluding diaryl/α,β-unsaturated/α-hetero) is 1. The van der Waals surface area contributed by atoms with Gasteiger partial charge in [-0.05, 0) is 42.9 Å². The third-order valence-electron chi connectivity index (χ3n) is 4.11. The second kappa shape index (κ2) is 4.23. The topological polar surface area (TPSA) is 37.4 Å². The molecule has 0 saturated heterocycles. The van der Waals surface area contributed by atoms with E-state index in [1.54, 1.807) is 4.90 Å². The van der Waals surface area contributed by atoms with E-state index in [0.29, 0.717) is 18.0 Å². The number of rotatable bonds is 3. The van der Waals surface area contributed by atoms with Crippen LogP contribution in [-0.4, -0.2) is 18.2 Å². The van der Waals surface area contributed by atoms with Crippen molar-refractivity contribution in [1.82, 2.24) is 0 Å². The van der Waals surface area contributed by atoms with Gasteiger partial charge >= 0.3 is 0 Å². The van der Waals surface area contributed by atoms with Crippen molar-refractivity contribution >= 4 is 17.4 Å². The van der Waals surface area contributed by atoms with Crippen LogP contribution in [0.5, 0.6) is 0 Å². The summed E-state index contributed by atoms with van der Waals surface area (Å²) in [4.78, 5) is 25.7. The first-order valence-electron chi connectivity index (χ1n) is 6.70. The van der Waals surface area contributed by atoms with Crippen LogP contribution in [0.25, 0.3) is 0 Å². The summed E-state index contributed by atoms with van der Waals surface area (Å²) >= 11 is 0. The number of anilines is 1. The molecule has 2 aliphatic rings. The highest BCUT2D eigenvalue weighted by atomic mass is 16.2. The molecular weight excluding hydrogens is 226 g/mol. The molecule has 1 heterocycles. The minimum Gasteiger partial charge on any atom is -0.304 e. The van der Waals surface area contributed by atoms with Crippen molar-refractivity contribution in [2.45, 2.75) is 32.6 Å². The molecule has 1 amide bonds. The zero-order valence-corrected chi connectivity index (χ0v) is 10.6. The Hall–Kier alpha value is -1.64. The van der Waals surface area contributed by atoms with Crippen LogP contribution in [0.2, 0.25) is 0 Å². The standard InChI is InChI=1S/C15H17NO2/c1-2-10-6-7-13-12(8-10)14(17)15(18)16(13)9-11-4-3-5-11/h6-8,11H,2-5,9H2,1H3. The number of aryl methyl sites for hydroxylation is 1. The lowest BCUT2D eigenvalue weighted by molar-refractivity contribution is -0.114. The third kappa shape index (κ3) is 1.65. The second-order valence-electron chi connectivity index (χ2n) is 5.25. The van der Waals surface area contributed by atoms with Crippen molar-refractivity contribution in [3.63, 3.8) is 0 Å². The molecule has 1 fully saturated rings. The number of carbonyl (C=O) groups is 2. The molecule has 3 rings (SSSR count). The van der Waals surface area contributed by atoms with Gasteiger partial charge in [-0.3, -0.25) is 9.59 Å². The van der Waals surface area contributed by atoms with Gasteiger partial charge in [-0.25, -0.2) is 0 Å². The van der Waals surface area contributed by atoms with Crippen LogP contribution in [0.3, 0.4) is 0 Å². The number of hydrogen-bond acceptors (Lipinski definition) is 2. The number of hydrogen-bond donors (Lipinski definition) is 0. The largest absolute Gasteiger partial charge is 0.304 e. The van der Waals surface area contributed by atoms with Crippen molar-refractivity contribution in [3.05, 3.63) is 29.3 Å². The van der Waals surface area contributed by atoms with Gasteiger partial charge in [-0.15, -0.1) is 0 Å². The minimum atomic E-state index is -0.342. The summed E-state index contributed by atoms with van der Waals surface area (Å²) in [5.41, 5.74) is 2.52. The molecule has 0 unspecified atom stereocenters. The molecule has 94 valence electrons. The van der Waals surface area contributed by atoms with E-state index < -0.39 is 0 Å². The summed E-state index contributed by atoms with van der Waals surface area (Å²) in [6.07, 6.45) is 4.50. The van der Waals surface area contributed by atoms with E-state index in [1.165, 1.54) is 19.3 Å². The van der Waals surface area contributed by atoms with Gasteiger partial charge in [0.15, 0.2) is 0 Å². The average molecular weight is 243 g/mol. The van der Waals surface area contributed by atoms with E-state index in [0.717, 1.165) is 17.7 Å². The van der Waals surface area contributed by atoms with Gasteiger partial charge in [0.05, 0.1) is 11.3 Å². The van der Waals surface area contributed by atoms with Crippen LogP contribution in [0.15, 0.2) is 18.2 Å². The fourth-order valence-corrected chi connectivity index (χ4v) is 2.68. The van der Waals surface area contributed by atoms with Crippen LogP contribution in [0.1, 0.15) is 42.1 Å². The quantitative estimate of drug-likeness (QED) is 0.765. The first-order valence-corrected chi connectivity index (χ1v) is 6.70. The molecule has 3 heteroatoms. The Bertz CT molecular complexity index is 517. The normalized spacial score (nSPS) is 19.1. The Morgan fingerprint density at radius 1 is 1.28 bits per heavy atom. The predicted molar refractivity (Wildman–Crippen MR) is 69.8 cm³/mol. The predicted octanol–water partition coefficient (Wildman–Crippen LogP) is 2.58. The van der Waals surface area contributed by atoms with Crippen LogP contribution < -0.4 is 4.90 Å². The maximum absolute atomic E-state index is 12.0. The van der Waals surface area contributed by atoms with Crippen molar-refractivity contribution in [2.75, 3.05) is 11.4 Å². The van der Waals surface area contributed by atoms with Gasteiger partial charge in [0.1, 0.15) is 0 Å². The van der Waals surface area contributed by atoms with Crippen molar-refractivity contribution in [3.8, 4) is 0 Å². The number of carbonyl (C=O) groups excluding carboxylic acids is 2. The molecule has 0 aromatic heterocycles. The highest BCUT2D eigenvalue weighted by Crippen LogP contribution is 2.34. The Morgan fingerprint density at radius 2 is 2.06 bits per heavy atom. The van der Waals surface area contributed by atoms with E-state index in [2.05, 4.69) is 6.92 Å². The Balaban J connectivity index is 1.93. The van der Waals surface area contributed by atoms with E-state index in [4.69, 9.17) is 0 Å². The molecule has 0 spiro atoms. The minimum absolute atomic E-state index is 0.334. The van der Waals surface area contributed by atoms with Crippen molar-refractivity contribution < 1.29 is 9.59 Å². The number of nitrogens with zero attached hydrogens (tertiary/aromatic N) is 1. The van der Waals surface area contributed by atoms with Crippen LogP contribution in [0.4, 0.5) is 5.69 Å². The summed E-state index contributed by atoms with van der Waals surface area (Å²) < 4.78 is 0. The zero-order valence-electron chi connectivity index (χ0n) is 10.6. The van der Waals surface area contributed by atoms with Gasteiger partial charge in [-0.2, -0.15) is 0 Å². The third-order valence-corrected chi connectivity index (χ3v) is 4.11. The van der Waals surface area contributed by atoms with Gasteiger partial charge in [0.25, 0.3) is 11.7 Å².